The number of aliphatic carboxylic acids is 1. The molecule has 0 radical (unpaired) electrons. The van der Waals surface area contributed by atoms with Crippen molar-refractivity contribution in [1.29, 1.82) is 0 Å². The molecule has 2 N–H and O–H groups in total. The number of piperidine rings is 1. The minimum atomic E-state index is -0.666. The number of amides is 1. The minimum absolute atomic E-state index is 0.0634. The molecule has 6 nitrogen and oxygen atoms in total. The molecule has 25 heavy (non-hydrogen) atoms. The van der Waals surface area contributed by atoms with Crippen molar-refractivity contribution in [2.24, 2.45) is 5.92 Å². The van der Waals surface area contributed by atoms with Gasteiger partial charge >= 0.3 is 5.97 Å². The number of hydrogen-bond acceptors (Lipinski definition) is 4. The molecule has 0 saturated carbocycles. The lowest BCUT2D eigenvalue weighted by atomic mass is 9.97. The van der Waals surface area contributed by atoms with Crippen LogP contribution >= 0.6 is 0 Å². The van der Waals surface area contributed by atoms with Gasteiger partial charge in [0.25, 0.3) is 5.91 Å². The lowest BCUT2D eigenvalue weighted by Gasteiger charge is -2.29. The molecule has 0 aromatic heterocycles. The first-order chi connectivity index (χ1) is 12.1. The highest BCUT2D eigenvalue weighted by molar-refractivity contribution is 5.94. The van der Waals surface area contributed by atoms with Crippen LogP contribution in [-0.2, 0) is 20.7 Å². The second-order valence-corrected chi connectivity index (χ2v) is 6.89. The summed E-state index contributed by atoms with van der Waals surface area (Å²) >= 11 is 0. The van der Waals surface area contributed by atoms with Crippen molar-refractivity contribution in [3.8, 4) is 0 Å². The van der Waals surface area contributed by atoms with Crippen LogP contribution in [0.25, 0.3) is 0 Å². The number of benzene rings is 1. The zero-order valence-electron chi connectivity index (χ0n) is 14.4. The number of likely N-dealkylation sites (tertiary alicyclic amines) is 1. The fourth-order valence-corrected chi connectivity index (χ4v) is 3.45. The Morgan fingerprint density at radius 1 is 1.16 bits per heavy atom. The van der Waals surface area contributed by atoms with Crippen LogP contribution in [0.5, 0.6) is 0 Å². The largest absolute Gasteiger partial charge is 0.481 e. The van der Waals surface area contributed by atoms with Crippen LogP contribution in [-0.4, -0.2) is 54.2 Å². The Morgan fingerprint density at radius 2 is 1.88 bits per heavy atom. The van der Waals surface area contributed by atoms with Gasteiger partial charge in [-0.25, -0.2) is 0 Å². The molecule has 1 aromatic rings. The normalized spacial score (nSPS) is 22.0. The van der Waals surface area contributed by atoms with Crippen LogP contribution in [0.15, 0.2) is 24.3 Å². The highest BCUT2D eigenvalue weighted by Crippen LogP contribution is 2.19. The molecule has 3 rings (SSSR count). The molecular weight excluding hydrogens is 320 g/mol. The minimum Gasteiger partial charge on any atom is -0.481 e. The molecule has 2 heterocycles. The van der Waals surface area contributed by atoms with E-state index >= 15 is 0 Å². The van der Waals surface area contributed by atoms with Crippen molar-refractivity contribution in [2.75, 3.05) is 31.6 Å². The predicted molar refractivity (Wildman–Crippen MR) is 94.5 cm³/mol. The van der Waals surface area contributed by atoms with E-state index in [-0.39, 0.29) is 17.9 Å². The van der Waals surface area contributed by atoms with Gasteiger partial charge in [0, 0.05) is 18.8 Å². The number of hydrogen-bond donors (Lipinski definition) is 2. The summed E-state index contributed by atoms with van der Waals surface area (Å²) in [5, 5.41) is 11.9. The van der Waals surface area contributed by atoms with E-state index in [1.807, 2.05) is 24.3 Å². The molecule has 2 aliphatic rings. The fraction of sp³-hybridized carbons (Fsp3) is 0.579. The standard InChI is InChI=1S/C19H26N2O4/c22-18(17-2-1-13-25-17)20-16-5-3-14(4-6-16)7-10-21-11-8-15(9-12-21)19(23)24/h3-6,15,17H,1-2,7-13H2,(H,20,22)(H,23,24). The van der Waals surface area contributed by atoms with Gasteiger partial charge in [0.1, 0.15) is 6.10 Å². The van der Waals surface area contributed by atoms with Crippen molar-refractivity contribution in [3.63, 3.8) is 0 Å². The first kappa shape index (κ1) is 17.9. The lowest BCUT2D eigenvalue weighted by molar-refractivity contribution is -0.143. The van der Waals surface area contributed by atoms with E-state index in [0.29, 0.717) is 6.61 Å². The molecule has 0 aliphatic carbocycles. The van der Waals surface area contributed by atoms with Crippen LogP contribution < -0.4 is 5.32 Å². The number of carbonyl (C=O) groups is 2. The molecule has 1 aromatic carbocycles. The van der Waals surface area contributed by atoms with Crippen molar-refractivity contribution < 1.29 is 19.4 Å². The van der Waals surface area contributed by atoms with E-state index in [1.54, 1.807) is 0 Å². The predicted octanol–water partition coefficient (Wildman–Crippen LogP) is 2.14. The van der Waals surface area contributed by atoms with E-state index in [0.717, 1.165) is 57.4 Å². The summed E-state index contributed by atoms with van der Waals surface area (Å²) in [4.78, 5) is 25.3. The van der Waals surface area contributed by atoms with Crippen LogP contribution in [0.1, 0.15) is 31.2 Å². The van der Waals surface area contributed by atoms with Gasteiger partial charge in [-0.1, -0.05) is 12.1 Å². The quantitative estimate of drug-likeness (QED) is 0.825. The van der Waals surface area contributed by atoms with Crippen LogP contribution in [0, 0.1) is 5.92 Å². The van der Waals surface area contributed by atoms with Gasteiger partial charge in [-0.2, -0.15) is 0 Å². The molecule has 1 atom stereocenters. The van der Waals surface area contributed by atoms with Gasteiger partial charge in [-0.15, -0.1) is 0 Å². The summed E-state index contributed by atoms with van der Waals surface area (Å²) in [5.74, 6) is -0.908. The first-order valence-electron chi connectivity index (χ1n) is 9.08. The van der Waals surface area contributed by atoms with Gasteiger partial charge in [0.15, 0.2) is 0 Å². The maximum atomic E-state index is 12.0. The first-order valence-corrected chi connectivity index (χ1v) is 9.08. The van der Waals surface area contributed by atoms with E-state index in [9.17, 15) is 9.59 Å². The third-order valence-electron chi connectivity index (χ3n) is 5.10. The lowest BCUT2D eigenvalue weighted by Crippen LogP contribution is -2.37. The Morgan fingerprint density at radius 3 is 2.48 bits per heavy atom. The molecule has 0 spiro atoms. The van der Waals surface area contributed by atoms with E-state index in [4.69, 9.17) is 9.84 Å². The highest BCUT2D eigenvalue weighted by atomic mass is 16.5. The second-order valence-electron chi connectivity index (χ2n) is 6.89. The van der Waals surface area contributed by atoms with Crippen molar-refractivity contribution in [1.82, 2.24) is 4.90 Å². The Bertz CT molecular complexity index is 588. The Balaban J connectivity index is 1.42. The summed E-state index contributed by atoms with van der Waals surface area (Å²) in [7, 11) is 0. The zero-order chi connectivity index (χ0) is 17.6. The van der Waals surface area contributed by atoms with E-state index in [1.165, 1.54) is 5.56 Å². The van der Waals surface area contributed by atoms with Crippen LogP contribution in [0.3, 0.4) is 0 Å². The molecule has 0 bridgehead atoms. The number of carboxylic acid groups (broad SMARTS) is 1. The molecule has 1 amide bonds. The van der Waals surface area contributed by atoms with E-state index in [2.05, 4.69) is 10.2 Å². The van der Waals surface area contributed by atoms with Crippen molar-refractivity contribution >= 4 is 17.6 Å². The zero-order valence-corrected chi connectivity index (χ0v) is 14.4. The number of ether oxygens (including phenoxy) is 1. The average Bonchev–Trinajstić information content (AvgIpc) is 3.16. The number of rotatable bonds is 6. The highest BCUT2D eigenvalue weighted by Gasteiger charge is 2.24. The van der Waals surface area contributed by atoms with Gasteiger partial charge in [0.2, 0.25) is 0 Å². The van der Waals surface area contributed by atoms with Crippen molar-refractivity contribution in [2.45, 2.75) is 38.2 Å². The Kier molecular flexibility index (Phi) is 6.04. The molecule has 2 fully saturated rings. The Labute approximate surface area is 148 Å². The number of carboxylic acids is 1. The third kappa shape index (κ3) is 5.03. The molecule has 2 saturated heterocycles. The van der Waals surface area contributed by atoms with Crippen molar-refractivity contribution in [3.05, 3.63) is 29.8 Å². The van der Waals surface area contributed by atoms with Gasteiger partial charge in [-0.3, -0.25) is 9.59 Å². The second kappa shape index (κ2) is 8.45. The molecule has 6 heteroatoms. The molecular formula is C19H26N2O4. The van der Waals surface area contributed by atoms with Gasteiger partial charge in [-0.05, 0) is 62.9 Å². The molecule has 1 unspecified atom stereocenters. The smallest absolute Gasteiger partial charge is 0.306 e. The fourth-order valence-electron chi connectivity index (χ4n) is 3.45. The van der Waals surface area contributed by atoms with Crippen LogP contribution in [0.2, 0.25) is 0 Å². The number of carbonyl (C=O) groups excluding carboxylic acids is 1. The SMILES string of the molecule is O=C(O)C1CCN(CCc2ccc(NC(=O)C3CCCO3)cc2)CC1. The number of nitrogens with one attached hydrogen (secondary N) is 1. The third-order valence-corrected chi connectivity index (χ3v) is 5.10. The van der Waals surface area contributed by atoms with Gasteiger partial charge in [0.05, 0.1) is 5.92 Å². The summed E-state index contributed by atoms with van der Waals surface area (Å²) in [6.45, 7) is 3.31. The van der Waals surface area contributed by atoms with E-state index < -0.39 is 5.97 Å². The van der Waals surface area contributed by atoms with Gasteiger partial charge < -0.3 is 20.1 Å². The monoisotopic (exact) mass is 346 g/mol. The number of nitrogens with zero attached hydrogens (tertiary/aromatic N) is 1. The summed E-state index contributed by atoms with van der Waals surface area (Å²) in [6.07, 6.45) is 3.84. The molecule has 2 aliphatic heterocycles. The maximum Gasteiger partial charge on any atom is 0.306 e. The summed E-state index contributed by atoms with van der Waals surface area (Å²) < 4.78 is 5.38. The van der Waals surface area contributed by atoms with Crippen LogP contribution in [0.4, 0.5) is 5.69 Å². The average molecular weight is 346 g/mol. The maximum absolute atomic E-state index is 12.0. The number of anilines is 1. The summed E-state index contributed by atoms with van der Waals surface area (Å²) in [6, 6.07) is 7.93. The Hall–Kier alpha value is -1.92. The topological polar surface area (TPSA) is 78.9 Å². The summed E-state index contributed by atoms with van der Waals surface area (Å²) in [5.41, 5.74) is 2.02. The molecule has 136 valence electrons.